The Morgan fingerprint density at radius 2 is 2.20 bits per heavy atom. The molecule has 1 amide bonds. The van der Waals surface area contributed by atoms with E-state index in [4.69, 9.17) is 0 Å². The number of amides is 1. The summed E-state index contributed by atoms with van der Waals surface area (Å²) < 4.78 is 0.602. The highest BCUT2D eigenvalue weighted by Gasteiger charge is 2.33. The van der Waals surface area contributed by atoms with Gasteiger partial charge in [-0.25, -0.2) is 0 Å². The zero-order valence-corrected chi connectivity index (χ0v) is 13.2. The number of nitrogens with zero attached hydrogens (tertiary/aromatic N) is 1. The maximum Gasteiger partial charge on any atom is 0.254 e. The summed E-state index contributed by atoms with van der Waals surface area (Å²) in [5.41, 5.74) is 1.70. The van der Waals surface area contributed by atoms with Gasteiger partial charge in [-0.1, -0.05) is 0 Å². The second-order valence-electron chi connectivity index (χ2n) is 4.96. The van der Waals surface area contributed by atoms with Crippen LogP contribution in [0.25, 0.3) is 0 Å². The van der Waals surface area contributed by atoms with Gasteiger partial charge in [-0.2, -0.15) is 11.3 Å². The third-order valence-electron chi connectivity index (χ3n) is 3.37. The Labute approximate surface area is 130 Å². The van der Waals surface area contributed by atoms with Gasteiger partial charge in [-0.05, 0) is 69.4 Å². The zero-order chi connectivity index (χ0) is 14.1. The number of aromatic hydroxyl groups is 1. The average Bonchev–Trinajstić information content (AvgIpc) is 3.15. The van der Waals surface area contributed by atoms with E-state index in [0.29, 0.717) is 22.6 Å². The molecule has 0 aliphatic heterocycles. The molecule has 0 unspecified atom stereocenters. The van der Waals surface area contributed by atoms with Gasteiger partial charge in [-0.3, -0.25) is 4.79 Å². The molecule has 0 saturated heterocycles. The van der Waals surface area contributed by atoms with Crippen LogP contribution in [0.5, 0.6) is 5.75 Å². The summed E-state index contributed by atoms with van der Waals surface area (Å²) in [4.78, 5) is 14.5. The Hall–Kier alpha value is -1.33. The minimum atomic E-state index is -0.0125. The third-order valence-corrected chi connectivity index (χ3v) is 4.78. The highest BCUT2D eigenvalue weighted by molar-refractivity contribution is 9.10. The van der Waals surface area contributed by atoms with Crippen molar-refractivity contribution < 1.29 is 9.90 Å². The number of benzene rings is 1. The normalized spacial score (nSPS) is 14.2. The fraction of sp³-hybridized carbons (Fsp3) is 0.267. The van der Waals surface area contributed by atoms with Gasteiger partial charge < -0.3 is 10.0 Å². The number of phenolic OH excluding ortho intramolecular Hbond substituents is 1. The van der Waals surface area contributed by atoms with Crippen molar-refractivity contribution in [3.05, 3.63) is 50.6 Å². The molecule has 0 spiro atoms. The molecule has 20 heavy (non-hydrogen) atoms. The summed E-state index contributed by atoms with van der Waals surface area (Å²) in [5, 5.41) is 13.8. The maximum absolute atomic E-state index is 12.6. The lowest BCUT2D eigenvalue weighted by molar-refractivity contribution is 0.0729. The molecule has 1 aromatic carbocycles. The molecule has 0 bridgehead atoms. The maximum atomic E-state index is 12.6. The first kappa shape index (κ1) is 13.6. The molecule has 1 aromatic heterocycles. The summed E-state index contributed by atoms with van der Waals surface area (Å²) in [5.74, 6) is 0.0867. The number of rotatable bonds is 4. The molecule has 1 aliphatic carbocycles. The van der Waals surface area contributed by atoms with Crippen molar-refractivity contribution in [2.45, 2.75) is 25.4 Å². The van der Waals surface area contributed by atoms with Crippen molar-refractivity contribution in [2.24, 2.45) is 0 Å². The van der Waals surface area contributed by atoms with Crippen LogP contribution in [0.15, 0.2) is 39.5 Å². The Morgan fingerprint density at radius 1 is 1.40 bits per heavy atom. The molecular formula is C15H14BrNO2S. The van der Waals surface area contributed by atoms with E-state index in [0.717, 1.165) is 18.4 Å². The van der Waals surface area contributed by atoms with E-state index >= 15 is 0 Å². The van der Waals surface area contributed by atoms with Gasteiger partial charge in [0.1, 0.15) is 5.75 Å². The number of thiophene rings is 1. The van der Waals surface area contributed by atoms with E-state index < -0.39 is 0 Å². The number of carbonyl (C=O) groups is 1. The molecule has 3 rings (SSSR count). The molecule has 3 nitrogen and oxygen atoms in total. The van der Waals surface area contributed by atoms with E-state index in [1.807, 2.05) is 16.3 Å². The van der Waals surface area contributed by atoms with Crippen molar-refractivity contribution >= 4 is 33.2 Å². The van der Waals surface area contributed by atoms with E-state index in [2.05, 4.69) is 21.3 Å². The van der Waals surface area contributed by atoms with Crippen LogP contribution < -0.4 is 0 Å². The first-order valence-corrected chi connectivity index (χ1v) is 8.19. The highest BCUT2D eigenvalue weighted by Crippen LogP contribution is 2.31. The molecule has 0 radical (unpaired) electrons. The minimum absolute atomic E-state index is 0.0125. The van der Waals surface area contributed by atoms with Gasteiger partial charge in [0.05, 0.1) is 4.47 Å². The second kappa shape index (κ2) is 5.58. The largest absolute Gasteiger partial charge is 0.507 e. The molecular weight excluding hydrogens is 338 g/mol. The summed E-state index contributed by atoms with van der Waals surface area (Å²) in [6, 6.07) is 7.36. The van der Waals surface area contributed by atoms with E-state index in [-0.39, 0.29) is 11.7 Å². The topological polar surface area (TPSA) is 40.5 Å². The lowest BCUT2D eigenvalue weighted by Gasteiger charge is -2.22. The second-order valence-corrected chi connectivity index (χ2v) is 6.60. The standard InChI is InChI=1S/C15H14BrNO2S/c16-13-4-1-11(7-14(13)18)15(19)17(12-2-3-12)8-10-5-6-20-9-10/h1,4-7,9,12,18H,2-3,8H2. The van der Waals surface area contributed by atoms with Crippen molar-refractivity contribution in [2.75, 3.05) is 0 Å². The molecule has 1 saturated carbocycles. The first-order valence-electron chi connectivity index (χ1n) is 6.45. The van der Waals surface area contributed by atoms with E-state index in [1.165, 1.54) is 6.07 Å². The summed E-state index contributed by atoms with van der Waals surface area (Å²) in [6.07, 6.45) is 2.14. The van der Waals surface area contributed by atoms with Crippen LogP contribution in [0.2, 0.25) is 0 Å². The monoisotopic (exact) mass is 351 g/mol. The molecule has 0 atom stereocenters. The van der Waals surface area contributed by atoms with Crippen molar-refractivity contribution in [1.29, 1.82) is 0 Å². The molecule has 5 heteroatoms. The van der Waals surface area contributed by atoms with Crippen LogP contribution in [-0.4, -0.2) is 22.0 Å². The van der Waals surface area contributed by atoms with Crippen LogP contribution in [0, 0.1) is 0 Å². The Morgan fingerprint density at radius 3 is 2.80 bits per heavy atom. The molecule has 1 fully saturated rings. The van der Waals surface area contributed by atoms with Gasteiger partial charge >= 0.3 is 0 Å². The van der Waals surface area contributed by atoms with Crippen LogP contribution >= 0.6 is 27.3 Å². The smallest absolute Gasteiger partial charge is 0.254 e. The Kier molecular flexibility index (Phi) is 3.81. The quantitative estimate of drug-likeness (QED) is 0.903. The fourth-order valence-electron chi connectivity index (χ4n) is 2.14. The molecule has 2 aromatic rings. The number of halogens is 1. The highest BCUT2D eigenvalue weighted by atomic mass is 79.9. The van der Waals surface area contributed by atoms with Crippen LogP contribution in [0.4, 0.5) is 0 Å². The lowest BCUT2D eigenvalue weighted by atomic mass is 10.1. The predicted molar refractivity (Wildman–Crippen MR) is 83.0 cm³/mol. The third kappa shape index (κ3) is 2.88. The van der Waals surface area contributed by atoms with Crippen molar-refractivity contribution in [3.8, 4) is 5.75 Å². The molecule has 1 heterocycles. The van der Waals surface area contributed by atoms with Crippen LogP contribution in [0.3, 0.4) is 0 Å². The van der Waals surface area contributed by atoms with Crippen LogP contribution in [-0.2, 0) is 6.54 Å². The first-order chi connectivity index (χ1) is 9.65. The number of phenols is 1. The van der Waals surface area contributed by atoms with Crippen molar-refractivity contribution in [1.82, 2.24) is 4.90 Å². The summed E-state index contributed by atoms with van der Waals surface area (Å²) in [6.45, 7) is 0.643. The molecule has 1 aliphatic rings. The van der Waals surface area contributed by atoms with E-state index in [9.17, 15) is 9.90 Å². The fourth-order valence-corrected chi connectivity index (χ4v) is 3.05. The van der Waals surface area contributed by atoms with Crippen LogP contribution in [0.1, 0.15) is 28.8 Å². The molecule has 1 N–H and O–H groups in total. The molecule has 104 valence electrons. The van der Waals surface area contributed by atoms with Gasteiger partial charge in [0.2, 0.25) is 0 Å². The van der Waals surface area contributed by atoms with E-state index in [1.54, 1.807) is 23.5 Å². The number of hydrogen-bond acceptors (Lipinski definition) is 3. The van der Waals surface area contributed by atoms with Crippen molar-refractivity contribution in [3.63, 3.8) is 0 Å². The minimum Gasteiger partial charge on any atom is -0.507 e. The summed E-state index contributed by atoms with van der Waals surface area (Å²) in [7, 11) is 0. The number of hydrogen-bond donors (Lipinski definition) is 1. The SMILES string of the molecule is O=C(c1ccc(Br)c(O)c1)N(Cc1ccsc1)C1CC1. The Balaban J connectivity index is 1.83. The Bertz CT molecular complexity index is 623. The lowest BCUT2D eigenvalue weighted by Crippen LogP contribution is -2.32. The average molecular weight is 352 g/mol. The summed E-state index contributed by atoms with van der Waals surface area (Å²) >= 11 is 4.87. The van der Waals surface area contributed by atoms with Gasteiger partial charge in [-0.15, -0.1) is 0 Å². The van der Waals surface area contributed by atoms with Gasteiger partial charge in [0, 0.05) is 18.2 Å². The predicted octanol–water partition coefficient (Wildman–Crippen LogP) is 4.02. The zero-order valence-electron chi connectivity index (χ0n) is 10.8. The van der Waals surface area contributed by atoms with Gasteiger partial charge in [0.15, 0.2) is 0 Å². The van der Waals surface area contributed by atoms with Gasteiger partial charge in [0.25, 0.3) is 5.91 Å². The number of carbonyl (C=O) groups excluding carboxylic acids is 1.